The Morgan fingerprint density at radius 1 is 1.18 bits per heavy atom. The van der Waals surface area contributed by atoms with E-state index >= 15 is 0 Å². The van der Waals surface area contributed by atoms with Crippen LogP contribution in [0.25, 0.3) is 0 Å². The van der Waals surface area contributed by atoms with Gasteiger partial charge < -0.3 is 10.3 Å². The zero-order valence-corrected chi connectivity index (χ0v) is 10.3. The van der Waals surface area contributed by atoms with Crippen molar-refractivity contribution in [3.63, 3.8) is 0 Å². The van der Waals surface area contributed by atoms with Crippen LogP contribution >= 0.6 is 23.2 Å². The van der Waals surface area contributed by atoms with Gasteiger partial charge in [0.1, 0.15) is 5.69 Å². The van der Waals surface area contributed by atoms with Crippen LogP contribution in [0.4, 0.5) is 0 Å². The minimum absolute atomic E-state index is 0.188. The van der Waals surface area contributed by atoms with Gasteiger partial charge in [-0.05, 0) is 23.8 Å². The molecule has 5 heteroatoms. The van der Waals surface area contributed by atoms with E-state index in [2.05, 4.69) is 10.3 Å². The molecule has 2 rings (SSSR count). The molecule has 0 spiro atoms. The SMILES string of the molecule is O=C(NCc1ccc(Cl)cc1)c1cc(Cl)c[nH]1. The Hall–Kier alpha value is -1.45. The molecule has 0 radical (unpaired) electrons. The van der Waals surface area contributed by atoms with Gasteiger partial charge in [0.2, 0.25) is 0 Å². The fraction of sp³-hybridized carbons (Fsp3) is 0.0833. The Bertz CT molecular complexity index is 520. The van der Waals surface area contributed by atoms with Gasteiger partial charge in [0.25, 0.3) is 5.91 Å². The summed E-state index contributed by atoms with van der Waals surface area (Å²) in [4.78, 5) is 14.5. The van der Waals surface area contributed by atoms with Crippen LogP contribution in [0.1, 0.15) is 16.1 Å². The molecule has 1 amide bonds. The van der Waals surface area contributed by atoms with Crippen LogP contribution in [-0.4, -0.2) is 10.9 Å². The number of carbonyl (C=O) groups excluding carboxylic acids is 1. The molecule has 0 aliphatic rings. The summed E-state index contributed by atoms with van der Waals surface area (Å²) in [6.45, 7) is 0.451. The predicted octanol–water partition coefficient (Wildman–Crippen LogP) is 3.25. The van der Waals surface area contributed by atoms with Gasteiger partial charge in [-0.3, -0.25) is 4.79 Å². The summed E-state index contributed by atoms with van der Waals surface area (Å²) < 4.78 is 0. The first-order chi connectivity index (χ1) is 8.15. The fourth-order valence-electron chi connectivity index (χ4n) is 1.38. The lowest BCUT2D eigenvalue weighted by atomic mass is 10.2. The third kappa shape index (κ3) is 3.25. The molecule has 2 N–H and O–H groups in total. The second-order valence-corrected chi connectivity index (χ2v) is 4.41. The molecule has 0 aliphatic carbocycles. The van der Waals surface area contributed by atoms with E-state index in [0.717, 1.165) is 5.56 Å². The van der Waals surface area contributed by atoms with Crippen LogP contribution in [0.2, 0.25) is 10.0 Å². The zero-order chi connectivity index (χ0) is 12.3. The number of H-pyrrole nitrogens is 1. The van der Waals surface area contributed by atoms with Crippen molar-refractivity contribution in [1.82, 2.24) is 10.3 Å². The van der Waals surface area contributed by atoms with Crippen molar-refractivity contribution < 1.29 is 4.79 Å². The number of halogens is 2. The van der Waals surface area contributed by atoms with Gasteiger partial charge in [0.05, 0.1) is 5.02 Å². The van der Waals surface area contributed by atoms with E-state index in [9.17, 15) is 4.79 Å². The van der Waals surface area contributed by atoms with E-state index in [0.29, 0.717) is 22.3 Å². The third-order valence-electron chi connectivity index (χ3n) is 2.26. The van der Waals surface area contributed by atoms with Crippen molar-refractivity contribution >= 4 is 29.1 Å². The normalized spacial score (nSPS) is 10.2. The van der Waals surface area contributed by atoms with Gasteiger partial charge in [0.15, 0.2) is 0 Å². The van der Waals surface area contributed by atoms with Crippen LogP contribution in [0.5, 0.6) is 0 Å². The Labute approximate surface area is 109 Å². The molecule has 2 aromatic rings. The van der Waals surface area contributed by atoms with Gasteiger partial charge in [-0.2, -0.15) is 0 Å². The van der Waals surface area contributed by atoms with Crippen molar-refractivity contribution in [3.05, 3.63) is 57.8 Å². The monoisotopic (exact) mass is 268 g/mol. The zero-order valence-electron chi connectivity index (χ0n) is 8.84. The topological polar surface area (TPSA) is 44.9 Å². The van der Waals surface area contributed by atoms with E-state index in [1.807, 2.05) is 12.1 Å². The van der Waals surface area contributed by atoms with E-state index < -0.39 is 0 Å². The number of carbonyl (C=O) groups is 1. The molecule has 0 bridgehead atoms. The van der Waals surface area contributed by atoms with Crippen LogP contribution < -0.4 is 5.32 Å². The van der Waals surface area contributed by atoms with E-state index in [1.165, 1.54) is 0 Å². The van der Waals surface area contributed by atoms with Crippen LogP contribution in [0.3, 0.4) is 0 Å². The standard InChI is InChI=1S/C12H10Cl2N2O/c13-9-3-1-8(2-4-9)6-16-12(17)11-5-10(14)7-15-11/h1-5,7,15H,6H2,(H,16,17). The molecule has 1 aromatic carbocycles. The number of rotatable bonds is 3. The minimum atomic E-state index is -0.188. The largest absolute Gasteiger partial charge is 0.356 e. The molecule has 88 valence electrons. The molecular formula is C12H10Cl2N2O. The van der Waals surface area contributed by atoms with Crippen molar-refractivity contribution in [2.75, 3.05) is 0 Å². The Balaban J connectivity index is 1.94. The van der Waals surface area contributed by atoms with Crippen LogP contribution in [-0.2, 0) is 6.54 Å². The van der Waals surface area contributed by atoms with Gasteiger partial charge >= 0.3 is 0 Å². The number of benzene rings is 1. The molecule has 1 heterocycles. The Morgan fingerprint density at radius 2 is 1.88 bits per heavy atom. The number of nitrogens with one attached hydrogen (secondary N) is 2. The van der Waals surface area contributed by atoms with Crippen molar-refractivity contribution in [2.24, 2.45) is 0 Å². The molecule has 0 saturated carbocycles. The number of aromatic amines is 1. The summed E-state index contributed by atoms with van der Waals surface area (Å²) in [6, 6.07) is 8.89. The first-order valence-electron chi connectivity index (χ1n) is 5.02. The summed E-state index contributed by atoms with van der Waals surface area (Å²) in [5.74, 6) is -0.188. The van der Waals surface area contributed by atoms with Gasteiger partial charge in [-0.15, -0.1) is 0 Å². The third-order valence-corrected chi connectivity index (χ3v) is 2.73. The highest BCUT2D eigenvalue weighted by molar-refractivity contribution is 6.31. The number of hydrogen-bond donors (Lipinski definition) is 2. The van der Waals surface area contributed by atoms with E-state index in [4.69, 9.17) is 23.2 Å². The van der Waals surface area contributed by atoms with E-state index in [-0.39, 0.29) is 5.91 Å². The second-order valence-electron chi connectivity index (χ2n) is 3.54. The highest BCUT2D eigenvalue weighted by Crippen LogP contribution is 2.11. The number of hydrogen-bond acceptors (Lipinski definition) is 1. The molecule has 1 aromatic heterocycles. The predicted molar refractivity (Wildman–Crippen MR) is 68.4 cm³/mol. The molecule has 0 atom stereocenters. The lowest BCUT2D eigenvalue weighted by molar-refractivity contribution is 0.0946. The maximum absolute atomic E-state index is 11.7. The van der Waals surface area contributed by atoms with Crippen LogP contribution in [0, 0.1) is 0 Å². The average Bonchev–Trinajstić information content (AvgIpc) is 2.75. The number of aromatic nitrogens is 1. The summed E-state index contributed by atoms with van der Waals surface area (Å²) >= 11 is 11.5. The average molecular weight is 269 g/mol. The smallest absolute Gasteiger partial charge is 0.268 e. The fourth-order valence-corrected chi connectivity index (χ4v) is 1.67. The lowest BCUT2D eigenvalue weighted by Gasteiger charge is -2.03. The Morgan fingerprint density at radius 3 is 2.47 bits per heavy atom. The molecule has 0 saturated heterocycles. The first-order valence-corrected chi connectivity index (χ1v) is 5.77. The maximum Gasteiger partial charge on any atom is 0.268 e. The van der Waals surface area contributed by atoms with Crippen LogP contribution in [0.15, 0.2) is 36.5 Å². The highest BCUT2D eigenvalue weighted by Gasteiger charge is 2.07. The molecule has 0 aliphatic heterocycles. The summed E-state index contributed by atoms with van der Waals surface area (Å²) in [6.07, 6.45) is 1.57. The first kappa shape index (κ1) is 12.0. The van der Waals surface area contributed by atoms with Crippen molar-refractivity contribution in [1.29, 1.82) is 0 Å². The summed E-state index contributed by atoms with van der Waals surface area (Å²) in [7, 11) is 0. The molecule has 3 nitrogen and oxygen atoms in total. The number of amides is 1. The minimum Gasteiger partial charge on any atom is -0.356 e. The molecule has 17 heavy (non-hydrogen) atoms. The Kier molecular flexibility index (Phi) is 3.71. The molecule has 0 fully saturated rings. The van der Waals surface area contributed by atoms with Gasteiger partial charge in [-0.25, -0.2) is 0 Å². The second kappa shape index (κ2) is 5.25. The summed E-state index contributed by atoms with van der Waals surface area (Å²) in [5.41, 5.74) is 1.43. The van der Waals surface area contributed by atoms with Gasteiger partial charge in [-0.1, -0.05) is 35.3 Å². The quantitative estimate of drug-likeness (QED) is 0.882. The molecular weight excluding hydrogens is 259 g/mol. The lowest BCUT2D eigenvalue weighted by Crippen LogP contribution is -2.22. The van der Waals surface area contributed by atoms with Gasteiger partial charge in [0, 0.05) is 17.8 Å². The van der Waals surface area contributed by atoms with Crippen molar-refractivity contribution in [3.8, 4) is 0 Å². The van der Waals surface area contributed by atoms with Crippen molar-refractivity contribution in [2.45, 2.75) is 6.54 Å². The summed E-state index contributed by atoms with van der Waals surface area (Å²) in [5, 5.41) is 3.97. The molecule has 0 unspecified atom stereocenters. The maximum atomic E-state index is 11.7. The highest BCUT2D eigenvalue weighted by atomic mass is 35.5. The van der Waals surface area contributed by atoms with E-state index in [1.54, 1.807) is 24.4 Å².